The Morgan fingerprint density at radius 2 is 1.47 bits per heavy atom. The third-order valence-corrected chi connectivity index (χ3v) is 11.5. The summed E-state index contributed by atoms with van der Waals surface area (Å²) in [6.45, 7) is 6.91. The van der Waals surface area contributed by atoms with E-state index in [1.165, 1.54) is 121 Å². The number of nitrogens with one attached hydrogen (secondary N) is 1. The van der Waals surface area contributed by atoms with Gasteiger partial charge in [-0.15, -0.1) is 0 Å². The maximum absolute atomic E-state index is 12.0. The van der Waals surface area contributed by atoms with Gasteiger partial charge in [-0.25, -0.2) is 0 Å². The molecule has 1 rings (SSSR count). The summed E-state index contributed by atoms with van der Waals surface area (Å²) in [5, 5.41) is 0.411. The van der Waals surface area contributed by atoms with Crippen LogP contribution < -0.4 is 4.98 Å². The molecular weight excluding hydrogens is 482 g/mol. The van der Waals surface area contributed by atoms with Crippen LogP contribution in [-0.4, -0.2) is 45.9 Å². The molecule has 1 heterocycles. The van der Waals surface area contributed by atoms with E-state index in [4.69, 9.17) is 9.47 Å². The molecule has 214 valence electrons. The predicted octanol–water partition coefficient (Wildman–Crippen LogP) is 8.77. The summed E-state index contributed by atoms with van der Waals surface area (Å²) < 4.78 is 11.8. The van der Waals surface area contributed by atoms with E-state index in [0.717, 1.165) is 38.2 Å². The van der Waals surface area contributed by atoms with Gasteiger partial charge < -0.3 is 14.5 Å². The second-order valence-electron chi connectivity index (χ2n) is 10.9. The second-order valence-corrected chi connectivity index (χ2v) is 15.0. The van der Waals surface area contributed by atoms with Crippen molar-refractivity contribution in [3.05, 3.63) is 0 Å². The fourth-order valence-corrected chi connectivity index (χ4v) is 8.88. The monoisotopic (exact) mass is 543 g/mol. The number of hydrogen-bond acceptors (Lipinski definition) is 5. The van der Waals surface area contributed by atoms with Crippen molar-refractivity contribution < 1.29 is 14.3 Å². The summed E-state index contributed by atoms with van der Waals surface area (Å²) >= 11 is 1.58. The van der Waals surface area contributed by atoms with Gasteiger partial charge in [0.05, 0.1) is 6.10 Å². The van der Waals surface area contributed by atoms with Crippen LogP contribution in [0.4, 0.5) is 0 Å². The van der Waals surface area contributed by atoms with Crippen molar-refractivity contribution >= 4 is 25.8 Å². The summed E-state index contributed by atoms with van der Waals surface area (Å²) in [6, 6.07) is 2.68. The highest BCUT2D eigenvalue weighted by atomic mass is 32.2. The maximum Gasteiger partial charge on any atom is 0.188 e. The molecule has 2 atom stereocenters. The zero-order chi connectivity index (χ0) is 25.9. The Hall–Kier alpha value is 0.117. The van der Waals surface area contributed by atoms with Crippen molar-refractivity contribution in [3.63, 3.8) is 0 Å². The zero-order valence-electron chi connectivity index (χ0n) is 24.2. The van der Waals surface area contributed by atoms with Crippen LogP contribution in [-0.2, 0) is 14.3 Å². The van der Waals surface area contributed by atoms with Gasteiger partial charge in [-0.05, 0) is 50.7 Å². The minimum Gasteiger partial charge on any atom is -0.355 e. The first-order chi connectivity index (χ1) is 17.8. The molecule has 1 N–H and O–H groups in total. The van der Waals surface area contributed by atoms with Gasteiger partial charge in [-0.2, -0.15) is 0 Å². The van der Waals surface area contributed by atoms with E-state index in [1.807, 2.05) is 0 Å². The first-order valence-corrected chi connectivity index (χ1v) is 19.0. The Kier molecular flexibility index (Phi) is 25.3. The molecule has 0 aromatic rings. The van der Waals surface area contributed by atoms with Gasteiger partial charge in [0.2, 0.25) is 0 Å². The molecule has 36 heavy (non-hydrogen) atoms. The van der Waals surface area contributed by atoms with Gasteiger partial charge in [-0.1, -0.05) is 116 Å². The molecule has 1 aliphatic heterocycles. The highest BCUT2D eigenvalue weighted by molar-refractivity contribution is 8.13. The van der Waals surface area contributed by atoms with Crippen LogP contribution in [0.25, 0.3) is 0 Å². The molecule has 4 nitrogen and oxygen atoms in total. The number of carbonyl (C=O) groups excluding carboxylic acids is 1. The average molecular weight is 544 g/mol. The van der Waals surface area contributed by atoms with Crippen LogP contribution in [0.1, 0.15) is 142 Å². The second kappa shape index (κ2) is 26.7. The highest BCUT2D eigenvalue weighted by Gasteiger charge is 2.18. The predicted molar refractivity (Wildman–Crippen MR) is 162 cm³/mol. The lowest BCUT2D eigenvalue weighted by atomic mass is 10.1. The van der Waals surface area contributed by atoms with Gasteiger partial charge in [0.15, 0.2) is 5.12 Å². The molecule has 0 aliphatic carbocycles. The molecule has 1 saturated heterocycles. The fourth-order valence-electron chi connectivity index (χ4n) is 5.06. The molecule has 0 aromatic carbocycles. The van der Waals surface area contributed by atoms with Crippen molar-refractivity contribution in [2.75, 3.05) is 25.7 Å². The summed E-state index contributed by atoms with van der Waals surface area (Å²) in [5.41, 5.74) is 0. The maximum atomic E-state index is 12.0. The Bertz CT molecular complexity index is 473. The number of ether oxygens (including phenoxy) is 2. The highest BCUT2D eigenvalue weighted by Crippen LogP contribution is 2.18. The standard InChI is InChI=1S/C30H61NO3SSi/c1-3-5-7-9-10-11-12-13-15-17-24-33-28-34-29-20-18-26-36(31-23-22-29)27-19-25-35-30(32)21-16-14-8-6-4-2/h29,31,36H,3-28H2,1-2H3. The lowest BCUT2D eigenvalue weighted by molar-refractivity contribution is -0.111. The van der Waals surface area contributed by atoms with Crippen LogP contribution in [0.5, 0.6) is 0 Å². The molecule has 1 aliphatic rings. The summed E-state index contributed by atoms with van der Waals surface area (Å²) in [4.78, 5) is 15.9. The summed E-state index contributed by atoms with van der Waals surface area (Å²) in [7, 11) is -0.850. The van der Waals surface area contributed by atoms with E-state index in [-0.39, 0.29) is 0 Å². The van der Waals surface area contributed by atoms with Crippen LogP contribution in [0.3, 0.4) is 0 Å². The molecule has 0 saturated carbocycles. The van der Waals surface area contributed by atoms with Gasteiger partial charge in [0.25, 0.3) is 0 Å². The minimum absolute atomic E-state index is 0.352. The average Bonchev–Trinajstić information content (AvgIpc) is 2.86. The molecule has 0 aromatic heterocycles. The lowest BCUT2D eigenvalue weighted by Crippen LogP contribution is -2.38. The van der Waals surface area contributed by atoms with Gasteiger partial charge in [-0.3, -0.25) is 4.79 Å². The van der Waals surface area contributed by atoms with E-state index < -0.39 is 8.96 Å². The van der Waals surface area contributed by atoms with E-state index in [2.05, 4.69) is 18.8 Å². The number of hydrogen-bond donors (Lipinski definition) is 1. The molecule has 0 radical (unpaired) electrons. The number of carbonyl (C=O) groups is 1. The van der Waals surface area contributed by atoms with Crippen LogP contribution in [0.15, 0.2) is 0 Å². The first kappa shape index (κ1) is 34.1. The fraction of sp³-hybridized carbons (Fsp3) is 0.967. The van der Waals surface area contributed by atoms with E-state index in [9.17, 15) is 4.79 Å². The van der Waals surface area contributed by atoms with Crippen LogP contribution in [0, 0.1) is 0 Å². The molecule has 0 spiro atoms. The molecule has 1 fully saturated rings. The van der Waals surface area contributed by atoms with Crippen molar-refractivity contribution in [1.82, 2.24) is 4.98 Å². The summed E-state index contributed by atoms with van der Waals surface area (Å²) in [5.74, 6) is 1.01. The van der Waals surface area contributed by atoms with Gasteiger partial charge >= 0.3 is 0 Å². The third kappa shape index (κ3) is 22.1. The number of unbranched alkanes of at least 4 members (excludes halogenated alkanes) is 13. The topological polar surface area (TPSA) is 47.6 Å². The van der Waals surface area contributed by atoms with Crippen molar-refractivity contribution in [3.8, 4) is 0 Å². The Morgan fingerprint density at radius 1 is 0.833 bits per heavy atom. The van der Waals surface area contributed by atoms with Crippen LogP contribution >= 0.6 is 11.8 Å². The molecular formula is C30H61NO3SSi. The van der Waals surface area contributed by atoms with Gasteiger partial charge in [0, 0.05) is 18.8 Å². The van der Waals surface area contributed by atoms with E-state index >= 15 is 0 Å². The SMILES string of the molecule is CCCCCCCCCCCCOCOC1CCC[SiH](CCCSC(=O)CCCCCCC)NCC1. The van der Waals surface area contributed by atoms with E-state index in [0.29, 0.717) is 18.0 Å². The van der Waals surface area contributed by atoms with Crippen molar-refractivity contribution in [1.29, 1.82) is 0 Å². The smallest absolute Gasteiger partial charge is 0.188 e. The molecule has 0 amide bonds. The first-order valence-electron chi connectivity index (χ1n) is 15.8. The van der Waals surface area contributed by atoms with E-state index in [1.54, 1.807) is 11.8 Å². The minimum atomic E-state index is -0.850. The van der Waals surface area contributed by atoms with Crippen LogP contribution in [0.2, 0.25) is 12.1 Å². The molecule has 2 unspecified atom stereocenters. The van der Waals surface area contributed by atoms with Gasteiger partial charge in [0.1, 0.15) is 15.8 Å². The number of thioether (sulfide) groups is 1. The zero-order valence-corrected chi connectivity index (χ0v) is 26.1. The summed E-state index contributed by atoms with van der Waals surface area (Å²) in [6.07, 6.45) is 25.7. The Balaban J connectivity index is 1.89. The largest absolute Gasteiger partial charge is 0.355 e. The lowest BCUT2D eigenvalue weighted by Gasteiger charge is -2.25. The van der Waals surface area contributed by atoms with Crippen molar-refractivity contribution in [2.24, 2.45) is 0 Å². The normalized spacial score (nSPS) is 18.7. The quantitative estimate of drug-likeness (QED) is 0.0749. The molecule has 0 bridgehead atoms. The van der Waals surface area contributed by atoms with Crippen molar-refractivity contribution in [2.45, 2.75) is 160 Å². The molecule has 6 heteroatoms. The third-order valence-electron chi connectivity index (χ3n) is 7.45. The Labute approximate surface area is 230 Å². The Morgan fingerprint density at radius 3 is 2.17 bits per heavy atom. The number of rotatable bonds is 24.